The van der Waals surface area contributed by atoms with Crippen molar-refractivity contribution < 1.29 is 4.74 Å². The zero-order valence-electron chi connectivity index (χ0n) is 8.16. The molecule has 0 bridgehead atoms. The Morgan fingerprint density at radius 2 is 1.69 bits per heavy atom. The highest BCUT2D eigenvalue weighted by molar-refractivity contribution is 9.13. The Bertz CT molecular complexity index is 446. The maximum Gasteiger partial charge on any atom is 0.148 e. The summed E-state index contributed by atoms with van der Waals surface area (Å²) in [4.78, 5) is 0.712. The van der Waals surface area contributed by atoms with Crippen LogP contribution < -0.4 is 4.74 Å². The Hall–Kier alpha value is 1.42. The van der Waals surface area contributed by atoms with Crippen molar-refractivity contribution in [1.29, 1.82) is 0 Å². The van der Waals surface area contributed by atoms with Crippen LogP contribution in [0.1, 0.15) is 16.0 Å². The lowest BCUT2D eigenvalue weighted by molar-refractivity contribution is 0.408. The number of hydrogen-bond acceptors (Lipinski definition) is 1. The van der Waals surface area contributed by atoms with E-state index in [0.717, 1.165) is 25.6 Å². The van der Waals surface area contributed by atoms with E-state index in [2.05, 4.69) is 79.6 Å². The number of methoxy groups -OCH3 is 1. The van der Waals surface area contributed by atoms with Gasteiger partial charge < -0.3 is 4.74 Å². The molecule has 0 radical (unpaired) electrons. The summed E-state index contributed by atoms with van der Waals surface area (Å²) in [7, 11) is 1.67. The summed E-state index contributed by atoms with van der Waals surface area (Å²) in [5, 5.41) is 0. The third kappa shape index (κ3) is 2.06. The van der Waals surface area contributed by atoms with Crippen LogP contribution in [0.15, 0.2) is 13.4 Å². The summed E-state index contributed by atoms with van der Waals surface area (Å²) in [5.74, 6) is 0.830. The summed E-state index contributed by atoms with van der Waals surface area (Å²) >= 11 is 18.2. The molecule has 2 atom stereocenters. The lowest BCUT2D eigenvalue weighted by atomic mass is 10.1. The molecule has 1 nitrogen and oxygen atoms in total. The maximum absolute atomic E-state index is 5.41. The topological polar surface area (TPSA) is 9.23 Å². The van der Waals surface area contributed by atoms with Crippen LogP contribution in [-0.2, 0) is 6.42 Å². The Morgan fingerprint density at radius 3 is 2.25 bits per heavy atom. The normalized spacial score (nSPS) is 23.4. The van der Waals surface area contributed by atoms with Crippen LogP contribution >= 0.6 is 79.6 Å². The van der Waals surface area contributed by atoms with E-state index in [-0.39, 0.29) is 0 Å². The Kier molecular flexibility index (Phi) is 4.49. The van der Waals surface area contributed by atoms with Gasteiger partial charge in [0.2, 0.25) is 0 Å². The number of ether oxygens (including phenoxy) is 1. The van der Waals surface area contributed by atoms with Crippen molar-refractivity contribution in [2.24, 2.45) is 0 Å². The van der Waals surface area contributed by atoms with Crippen LogP contribution in [0.5, 0.6) is 5.75 Å². The van der Waals surface area contributed by atoms with Gasteiger partial charge in [-0.15, -0.1) is 0 Å². The second kappa shape index (κ2) is 5.19. The molecule has 0 spiro atoms. The lowest BCUT2D eigenvalue weighted by Crippen LogP contribution is -1.98. The number of rotatable bonds is 1. The minimum absolute atomic E-state index is 0.301. The number of halogens is 5. The minimum atomic E-state index is 0.301. The van der Waals surface area contributed by atoms with Crippen LogP contribution in [-0.4, -0.2) is 11.9 Å². The van der Waals surface area contributed by atoms with Gasteiger partial charge >= 0.3 is 0 Å². The lowest BCUT2D eigenvalue weighted by Gasteiger charge is -2.15. The van der Waals surface area contributed by atoms with Crippen LogP contribution in [0, 0.1) is 0 Å². The van der Waals surface area contributed by atoms with E-state index in [9.17, 15) is 0 Å². The van der Waals surface area contributed by atoms with Crippen molar-refractivity contribution in [1.82, 2.24) is 0 Å². The molecule has 0 aromatic heterocycles. The number of benzene rings is 1. The van der Waals surface area contributed by atoms with E-state index in [1.165, 1.54) is 11.1 Å². The predicted molar refractivity (Wildman–Crippen MR) is 84.2 cm³/mol. The summed E-state index contributed by atoms with van der Waals surface area (Å²) in [6, 6.07) is 0. The first-order valence-electron chi connectivity index (χ1n) is 4.50. The Morgan fingerprint density at radius 1 is 1.06 bits per heavy atom. The maximum atomic E-state index is 5.41. The van der Waals surface area contributed by atoms with Crippen molar-refractivity contribution in [3.8, 4) is 5.75 Å². The molecule has 1 aromatic carbocycles. The molecule has 0 saturated carbocycles. The van der Waals surface area contributed by atoms with Crippen LogP contribution in [0.4, 0.5) is 0 Å². The van der Waals surface area contributed by atoms with Crippen molar-refractivity contribution in [2.75, 3.05) is 7.11 Å². The fourth-order valence-electron chi connectivity index (χ4n) is 1.85. The molecule has 0 N–H and O–H groups in total. The third-order valence-corrected chi connectivity index (χ3v) is 8.22. The molecule has 0 amide bonds. The minimum Gasteiger partial charge on any atom is -0.494 e. The van der Waals surface area contributed by atoms with Gasteiger partial charge in [0.15, 0.2) is 0 Å². The monoisotopic (exact) mass is 538 g/mol. The summed E-state index contributed by atoms with van der Waals surface area (Å²) < 4.78 is 8.46. The number of alkyl halides is 2. The second-order valence-electron chi connectivity index (χ2n) is 3.49. The highest BCUT2D eigenvalue weighted by atomic mass is 79.9. The van der Waals surface area contributed by atoms with Crippen molar-refractivity contribution in [3.63, 3.8) is 0 Å². The molecule has 0 fully saturated rings. The third-order valence-electron chi connectivity index (χ3n) is 2.61. The zero-order valence-corrected chi connectivity index (χ0v) is 16.1. The van der Waals surface area contributed by atoms with Crippen molar-refractivity contribution in [2.45, 2.75) is 16.1 Å². The van der Waals surface area contributed by atoms with Crippen molar-refractivity contribution >= 4 is 79.6 Å². The largest absolute Gasteiger partial charge is 0.494 e. The van der Waals surface area contributed by atoms with Gasteiger partial charge in [0, 0.05) is 9.30 Å². The van der Waals surface area contributed by atoms with E-state index in [1.54, 1.807) is 7.11 Å². The summed E-state index contributed by atoms with van der Waals surface area (Å²) in [5.41, 5.74) is 2.57. The Balaban J connectivity index is 2.73. The van der Waals surface area contributed by atoms with Gasteiger partial charge in [-0.3, -0.25) is 0 Å². The van der Waals surface area contributed by atoms with Crippen LogP contribution in [0.25, 0.3) is 0 Å². The van der Waals surface area contributed by atoms with E-state index in [1.807, 2.05) is 0 Å². The molecule has 1 aliphatic carbocycles. The molecule has 1 aromatic rings. The molecule has 88 valence electrons. The second-order valence-corrected chi connectivity index (χ2v) is 8.03. The fraction of sp³-hybridized carbons (Fsp3) is 0.400. The van der Waals surface area contributed by atoms with Crippen LogP contribution in [0.3, 0.4) is 0 Å². The SMILES string of the molecule is COc1c(Br)c(Br)c2c(c1Br)[C@H](Br)[C@@H](Br)C2. The molecule has 1 aliphatic rings. The molecule has 0 heterocycles. The average Bonchev–Trinajstić information content (AvgIpc) is 2.54. The summed E-state index contributed by atoms with van der Waals surface area (Å²) in [6.45, 7) is 0. The van der Waals surface area contributed by atoms with E-state index < -0.39 is 0 Å². The van der Waals surface area contributed by atoms with E-state index in [0.29, 0.717) is 9.65 Å². The molecule has 2 rings (SSSR count). The van der Waals surface area contributed by atoms with E-state index in [4.69, 9.17) is 4.74 Å². The standard InChI is InChI=1S/C10H7Br5O/c1-16-10-8(14)5-3(6(12)9(10)15)2-4(11)7(5)13/h4,7H,2H2,1H3/t4-,7+/m0/s1. The smallest absolute Gasteiger partial charge is 0.148 e. The average molecular weight is 543 g/mol. The first-order chi connectivity index (χ1) is 7.49. The molecule has 0 unspecified atom stereocenters. The van der Waals surface area contributed by atoms with Crippen LogP contribution in [0.2, 0.25) is 0 Å². The zero-order chi connectivity index (χ0) is 12.0. The van der Waals surface area contributed by atoms with E-state index >= 15 is 0 Å². The van der Waals surface area contributed by atoms with Gasteiger partial charge in [-0.1, -0.05) is 31.9 Å². The molecule has 0 saturated heterocycles. The quantitative estimate of drug-likeness (QED) is 0.325. The van der Waals surface area contributed by atoms with Gasteiger partial charge in [-0.05, 0) is 65.3 Å². The fourth-order valence-corrected chi connectivity index (χ4v) is 5.70. The number of hydrogen-bond donors (Lipinski definition) is 0. The number of fused-ring (bicyclic) bond motifs is 1. The van der Waals surface area contributed by atoms with Gasteiger partial charge in [-0.2, -0.15) is 0 Å². The van der Waals surface area contributed by atoms with Crippen molar-refractivity contribution in [3.05, 3.63) is 24.5 Å². The predicted octanol–water partition coefficient (Wildman–Crippen LogP) is 5.74. The molecule has 16 heavy (non-hydrogen) atoms. The first-order valence-corrected chi connectivity index (χ1v) is 8.71. The van der Waals surface area contributed by atoms with Gasteiger partial charge in [0.05, 0.1) is 20.9 Å². The molecule has 0 aliphatic heterocycles. The van der Waals surface area contributed by atoms with Gasteiger partial charge in [0.25, 0.3) is 0 Å². The highest BCUT2D eigenvalue weighted by Gasteiger charge is 2.35. The van der Waals surface area contributed by atoms with Gasteiger partial charge in [0.1, 0.15) is 5.75 Å². The van der Waals surface area contributed by atoms with Gasteiger partial charge in [-0.25, -0.2) is 0 Å². The Labute approximate surface area is 136 Å². The summed E-state index contributed by atoms with van der Waals surface area (Å²) in [6.07, 6.45) is 0.993. The molecular weight excluding hydrogens is 536 g/mol. The highest BCUT2D eigenvalue weighted by Crippen LogP contribution is 2.53. The molecular formula is C10H7Br5O. The first kappa shape index (κ1) is 13.8. The molecule has 6 heteroatoms.